The molecule has 0 aliphatic rings. The van der Waals surface area contributed by atoms with Gasteiger partial charge < -0.3 is 0 Å². The van der Waals surface area contributed by atoms with Crippen LogP contribution < -0.4 is 11.0 Å². The lowest BCUT2D eigenvalue weighted by Gasteiger charge is -2.06. The van der Waals surface area contributed by atoms with E-state index in [1.54, 1.807) is 24.5 Å². The average molecular weight is 395 g/mol. The number of aromatic amines is 1. The van der Waals surface area contributed by atoms with E-state index in [0.29, 0.717) is 17.8 Å². The molecule has 2 N–H and O–H groups in total. The minimum Gasteiger partial charge on any atom is -0.290 e. The van der Waals surface area contributed by atoms with E-state index >= 15 is 0 Å². The maximum absolute atomic E-state index is 12.3. The molecule has 2 aromatic heterocycles. The molecular formula is C22H17N7O. The third kappa shape index (κ3) is 4.31. The lowest BCUT2D eigenvalue weighted by atomic mass is 10.1. The minimum absolute atomic E-state index is 0.0398. The number of hydrogen-bond donors (Lipinski definition) is 2. The SMILES string of the molecule is N#Cc1c(-c2ccccc2)nc(NN=Cc2cccc(Cn3cccn3)c2)[nH]c1=O. The summed E-state index contributed by atoms with van der Waals surface area (Å²) in [6, 6.07) is 20.7. The predicted octanol–water partition coefficient (Wildman–Crippen LogP) is 3.00. The van der Waals surface area contributed by atoms with E-state index in [1.807, 2.05) is 65.5 Å². The van der Waals surface area contributed by atoms with E-state index in [1.165, 1.54) is 0 Å². The largest absolute Gasteiger partial charge is 0.290 e. The van der Waals surface area contributed by atoms with Crippen LogP contribution in [-0.2, 0) is 6.54 Å². The van der Waals surface area contributed by atoms with Gasteiger partial charge in [0.25, 0.3) is 5.56 Å². The van der Waals surface area contributed by atoms with Gasteiger partial charge in [0.05, 0.1) is 18.5 Å². The Bertz CT molecular complexity index is 1270. The number of nitrogens with one attached hydrogen (secondary N) is 2. The van der Waals surface area contributed by atoms with Crippen LogP contribution in [0.25, 0.3) is 11.3 Å². The van der Waals surface area contributed by atoms with Gasteiger partial charge in [-0.2, -0.15) is 15.5 Å². The molecule has 0 aliphatic carbocycles. The lowest BCUT2D eigenvalue weighted by Crippen LogP contribution is -2.16. The van der Waals surface area contributed by atoms with Crippen molar-refractivity contribution in [3.63, 3.8) is 0 Å². The van der Waals surface area contributed by atoms with Crippen LogP contribution in [0, 0.1) is 11.3 Å². The van der Waals surface area contributed by atoms with E-state index in [0.717, 1.165) is 11.1 Å². The summed E-state index contributed by atoms with van der Waals surface area (Å²) in [6.45, 7) is 0.660. The number of H-pyrrole nitrogens is 1. The Labute approximate surface area is 172 Å². The fourth-order valence-electron chi connectivity index (χ4n) is 2.96. The molecule has 0 saturated carbocycles. The van der Waals surface area contributed by atoms with Gasteiger partial charge in [0.15, 0.2) is 0 Å². The number of aromatic nitrogens is 4. The zero-order valence-corrected chi connectivity index (χ0v) is 15.9. The monoisotopic (exact) mass is 395 g/mol. The van der Waals surface area contributed by atoms with E-state index < -0.39 is 5.56 Å². The van der Waals surface area contributed by atoms with Crippen molar-refractivity contribution in [2.75, 3.05) is 5.43 Å². The molecule has 8 heteroatoms. The van der Waals surface area contributed by atoms with Crippen LogP contribution >= 0.6 is 0 Å². The van der Waals surface area contributed by atoms with Crippen molar-refractivity contribution >= 4 is 12.2 Å². The second-order valence-corrected chi connectivity index (χ2v) is 6.43. The maximum Gasteiger partial charge on any atom is 0.270 e. The number of anilines is 1. The summed E-state index contributed by atoms with van der Waals surface area (Å²) in [5.74, 6) is 0.154. The molecule has 4 rings (SSSR count). The van der Waals surface area contributed by atoms with Gasteiger partial charge in [0.2, 0.25) is 5.95 Å². The molecule has 0 radical (unpaired) electrons. The number of hydrogen-bond acceptors (Lipinski definition) is 6. The fraction of sp³-hybridized carbons (Fsp3) is 0.0455. The van der Waals surface area contributed by atoms with Gasteiger partial charge in [-0.15, -0.1) is 0 Å². The van der Waals surface area contributed by atoms with Crippen LogP contribution in [0.3, 0.4) is 0 Å². The van der Waals surface area contributed by atoms with Crippen LogP contribution in [0.4, 0.5) is 5.95 Å². The van der Waals surface area contributed by atoms with Crippen molar-refractivity contribution in [2.24, 2.45) is 5.10 Å². The Hall–Kier alpha value is -4.51. The van der Waals surface area contributed by atoms with Gasteiger partial charge in [0.1, 0.15) is 11.6 Å². The van der Waals surface area contributed by atoms with Gasteiger partial charge in [-0.3, -0.25) is 14.5 Å². The normalized spacial score (nSPS) is 10.8. The van der Waals surface area contributed by atoms with Gasteiger partial charge in [0, 0.05) is 18.0 Å². The first kappa shape index (κ1) is 18.8. The molecule has 0 aliphatic heterocycles. The number of rotatable bonds is 6. The zero-order valence-electron chi connectivity index (χ0n) is 15.9. The Morgan fingerprint density at radius 2 is 2.03 bits per heavy atom. The van der Waals surface area contributed by atoms with Gasteiger partial charge in [-0.05, 0) is 23.3 Å². The molecule has 4 aromatic rings. The molecule has 8 nitrogen and oxygen atoms in total. The van der Waals surface area contributed by atoms with E-state index in [2.05, 4.69) is 25.6 Å². The number of nitriles is 1. The van der Waals surface area contributed by atoms with Crippen LogP contribution in [-0.4, -0.2) is 26.0 Å². The Balaban J connectivity index is 1.54. The van der Waals surface area contributed by atoms with Gasteiger partial charge in [-0.1, -0.05) is 48.5 Å². The Kier molecular flexibility index (Phi) is 5.44. The van der Waals surface area contributed by atoms with Crippen LogP contribution in [0.2, 0.25) is 0 Å². The molecule has 0 spiro atoms. The third-order valence-corrected chi connectivity index (χ3v) is 4.32. The first-order chi connectivity index (χ1) is 14.7. The number of nitrogens with zero attached hydrogens (tertiary/aromatic N) is 5. The summed E-state index contributed by atoms with van der Waals surface area (Å²) in [4.78, 5) is 19.2. The van der Waals surface area contributed by atoms with Crippen molar-refractivity contribution in [1.29, 1.82) is 5.26 Å². The quantitative estimate of drug-likeness (QED) is 0.385. The van der Waals surface area contributed by atoms with Gasteiger partial charge in [-0.25, -0.2) is 10.4 Å². The average Bonchev–Trinajstić information content (AvgIpc) is 3.27. The highest BCUT2D eigenvalue weighted by Crippen LogP contribution is 2.19. The lowest BCUT2D eigenvalue weighted by molar-refractivity contribution is 0.687. The van der Waals surface area contributed by atoms with E-state index in [4.69, 9.17) is 0 Å². The van der Waals surface area contributed by atoms with Gasteiger partial charge >= 0.3 is 0 Å². The minimum atomic E-state index is -0.523. The molecule has 30 heavy (non-hydrogen) atoms. The topological polar surface area (TPSA) is 112 Å². The number of benzene rings is 2. The van der Waals surface area contributed by atoms with Crippen molar-refractivity contribution in [3.05, 3.63) is 100 Å². The molecule has 146 valence electrons. The molecular weight excluding hydrogens is 378 g/mol. The molecule has 0 saturated heterocycles. The van der Waals surface area contributed by atoms with Crippen molar-refractivity contribution in [2.45, 2.75) is 6.54 Å². The van der Waals surface area contributed by atoms with E-state index in [9.17, 15) is 10.1 Å². The Morgan fingerprint density at radius 1 is 1.17 bits per heavy atom. The first-order valence-corrected chi connectivity index (χ1v) is 9.18. The van der Waals surface area contributed by atoms with Crippen molar-refractivity contribution in [3.8, 4) is 17.3 Å². The van der Waals surface area contributed by atoms with Crippen LogP contribution in [0.15, 0.2) is 83.0 Å². The molecule has 0 amide bonds. The van der Waals surface area contributed by atoms with Crippen molar-refractivity contribution < 1.29 is 0 Å². The smallest absolute Gasteiger partial charge is 0.270 e. The second kappa shape index (κ2) is 8.67. The molecule has 2 heterocycles. The highest BCUT2D eigenvalue weighted by molar-refractivity contribution is 5.80. The summed E-state index contributed by atoms with van der Waals surface area (Å²) in [6.07, 6.45) is 5.27. The summed E-state index contributed by atoms with van der Waals surface area (Å²) in [5.41, 5.74) is 5.12. The third-order valence-electron chi connectivity index (χ3n) is 4.32. The Morgan fingerprint density at radius 3 is 2.80 bits per heavy atom. The number of hydrazone groups is 1. The highest BCUT2D eigenvalue weighted by Gasteiger charge is 2.12. The maximum atomic E-state index is 12.3. The molecule has 0 unspecified atom stereocenters. The molecule has 0 atom stereocenters. The van der Waals surface area contributed by atoms with Crippen LogP contribution in [0.1, 0.15) is 16.7 Å². The molecule has 2 aromatic carbocycles. The fourth-order valence-corrected chi connectivity index (χ4v) is 2.96. The summed E-state index contributed by atoms with van der Waals surface area (Å²) in [7, 11) is 0. The predicted molar refractivity (Wildman–Crippen MR) is 114 cm³/mol. The standard InChI is InChI=1S/C22H17N7O/c23-13-19-20(18-8-2-1-3-9-18)26-22(27-21(19)30)28-24-14-16-6-4-7-17(12-16)15-29-11-5-10-25-29/h1-12,14H,15H2,(H2,26,27,28,30). The van der Waals surface area contributed by atoms with E-state index in [-0.39, 0.29) is 11.5 Å². The van der Waals surface area contributed by atoms with Crippen molar-refractivity contribution in [1.82, 2.24) is 19.7 Å². The summed E-state index contributed by atoms with van der Waals surface area (Å²) < 4.78 is 1.84. The molecule has 0 bridgehead atoms. The zero-order chi connectivity index (χ0) is 20.8. The first-order valence-electron chi connectivity index (χ1n) is 9.18. The highest BCUT2D eigenvalue weighted by atomic mass is 16.1. The summed E-state index contributed by atoms with van der Waals surface area (Å²) in [5, 5.41) is 17.7. The molecule has 0 fully saturated rings. The van der Waals surface area contributed by atoms with Crippen LogP contribution in [0.5, 0.6) is 0 Å². The summed E-state index contributed by atoms with van der Waals surface area (Å²) >= 11 is 0. The second-order valence-electron chi connectivity index (χ2n) is 6.43.